The van der Waals surface area contributed by atoms with Gasteiger partial charge in [-0.1, -0.05) is 36.4 Å². The number of nitrogens with zero attached hydrogens (tertiary/aromatic N) is 1. The fourth-order valence-electron chi connectivity index (χ4n) is 2.77. The Kier molecular flexibility index (Phi) is 6.04. The van der Waals surface area contributed by atoms with Crippen molar-refractivity contribution in [3.05, 3.63) is 65.2 Å². The second kappa shape index (κ2) is 8.34. The summed E-state index contributed by atoms with van der Waals surface area (Å²) in [4.78, 5) is 25.5. The summed E-state index contributed by atoms with van der Waals surface area (Å²) in [7, 11) is -0.873. The summed E-state index contributed by atoms with van der Waals surface area (Å²) in [6.07, 6.45) is 0.702. The largest absolute Gasteiger partial charge is 0.444 e. The van der Waals surface area contributed by atoms with Crippen LogP contribution >= 0.6 is 0 Å². The minimum absolute atomic E-state index is 0.0151. The molecule has 0 unspecified atom stereocenters. The van der Waals surface area contributed by atoms with E-state index < -0.39 is 22.1 Å². The molecule has 0 aliphatic heterocycles. The van der Waals surface area contributed by atoms with Crippen LogP contribution in [0, 0.1) is 6.92 Å². The molecule has 3 rings (SSSR count). The Labute approximate surface area is 170 Å². The number of hydrogen-bond donors (Lipinski definition) is 1. The minimum Gasteiger partial charge on any atom is -0.444 e. The highest BCUT2D eigenvalue weighted by Crippen LogP contribution is 2.25. The average Bonchev–Trinajstić information content (AvgIpc) is 3.50. The van der Waals surface area contributed by atoms with E-state index in [1.807, 2.05) is 0 Å². The number of carbonyl (C=O) groups is 2. The lowest BCUT2D eigenvalue weighted by Gasteiger charge is -2.19. The van der Waals surface area contributed by atoms with Crippen molar-refractivity contribution in [2.45, 2.75) is 36.8 Å². The SMILES string of the molecule is Cc1ccc(S(=O)(=O)N(C)C)cc1C(=O)O[C@H](C(=O)NC1CC1)c1ccccc1. The van der Waals surface area contributed by atoms with Gasteiger partial charge in [-0.15, -0.1) is 0 Å². The molecule has 8 heteroatoms. The first-order valence-corrected chi connectivity index (χ1v) is 10.7. The van der Waals surface area contributed by atoms with Crippen molar-refractivity contribution in [3.63, 3.8) is 0 Å². The molecule has 0 radical (unpaired) electrons. The van der Waals surface area contributed by atoms with E-state index >= 15 is 0 Å². The lowest BCUT2D eigenvalue weighted by molar-refractivity contribution is -0.130. The lowest BCUT2D eigenvalue weighted by atomic mass is 10.1. The van der Waals surface area contributed by atoms with Crippen molar-refractivity contribution < 1.29 is 22.7 Å². The molecular weight excluding hydrogens is 392 g/mol. The number of ether oxygens (including phenoxy) is 1. The molecule has 2 aromatic carbocycles. The third-order valence-electron chi connectivity index (χ3n) is 4.70. The maximum atomic E-state index is 12.9. The zero-order valence-corrected chi connectivity index (χ0v) is 17.4. The zero-order valence-electron chi connectivity index (χ0n) is 16.6. The van der Waals surface area contributed by atoms with Crippen LogP contribution in [-0.2, 0) is 19.6 Å². The highest BCUT2D eigenvalue weighted by Gasteiger charge is 2.31. The number of amides is 1. The summed E-state index contributed by atoms with van der Waals surface area (Å²) in [6.45, 7) is 1.68. The first-order chi connectivity index (χ1) is 13.7. The molecule has 1 amide bonds. The summed E-state index contributed by atoms with van der Waals surface area (Å²) in [5.74, 6) is -1.14. The topological polar surface area (TPSA) is 92.8 Å². The van der Waals surface area contributed by atoms with E-state index in [-0.39, 0.29) is 22.4 Å². The Morgan fingerprint density at radius 3 is 2.34 bits per heavy atom. The molecule has 1 aliphatic rings. The number of aryl methyl sites for hydroxylation is 1. The summed E-state index contributed by atoms with van der Waals surface area (Å²) < 4.78 is 31.5. The van der Waals surface area contributed by atoms with E-state index in [9.17, 15) is 18.0 Å². The first kappa shape index (κ1) is 21.0. The maximum Gasteiger partial charge on any atom is 0.339 e. The van der Waals surface area contributed by atoms with Crippen LogP contribution in [0.2, 0.25) is 0 Å². The molecule has 0 heterocycles. The van der Waals surface area contributed by atoms with Gasteiger partial charge < -0.3 is 10.1 Å². The molecule has 0 spiro atoms. The van der Waals surface area contributed by atoms with Gasteiger partial charge in [-0.25, -0.2) is 17.5 Å². The van der Waals surface area contributed by atoms with E-state index in [2.05, 4.69) is 5.32 Å². The van der Waals surface area contributed by atoms with Crippen LogP contribution in [0.25, 0.3) is 0 Å². The van der Waals surface area contributed by atoms with Gasteiger partial charge in [-0.05, 0) is 37.5 Å². The standard InChI is InChI=1S/C21H24N2O5S/c1-14-9-12-17(29(26,27)23(2)3)13-18(14)21(25)28-19(15-7-5-4-6-8-15)20(24)22-16-10-11-16/h4-9,12-13,16,19H,10-11H2,1-3H3,(H,22,24)/t19-/m0/s1. The van der Waals surface area contributed by atoms with Gasteiger partial charge in [0.25, 0.3) is 5.91 Å². The number of rotatable bonds is 7. The van der Waals surface area contributed by atoms with Gasteiger partial charge in [0.15, 0.2) is 0 Å². The molecule has 1 N–H and O–H groups in total. The lowest BCUT2D eigenvalue weighted by Crippen LogP contribution is -2.33. The van der Waals surface area contributed by atoms with Crippen LogP contribution in [0.1, 0.15) is 40.4 Å². The molecule has 154 valence electrons. The van der Waals surface area contributed by atoms with Crippen LogP contribution in [0.3, 0.4) is 0 Å². The number of nitrogens with one attached hydrogen (secondary N) is 1. The highest BCUT2D eigenvalue weighted by molar-refractivity contribution is 7.89. The molecule has 0 bridgehead atoms. The van der Waals surface area contributed by atoms with Crippen LogP contribution in [0.4, 0.5) is 0 Å². The smallest absolute Gasteiger partial charge is 0.339 e. The van der Waals surface area contributed by atoms with Crippen LogP contribution in [0.15, 0.2) is 53.4 Å². The molecule has 1 atom stereocenters. The van der Waals surface area contributed by atoms with Gasteiger partial charge in [0.05, 0.1) is 10.5 Å². The fourth-order valence-corrected chi connectivity index (χ4v) is 3.70. The van der Waals surface area contributed by atoms with Crippen LogP contribution < -0.4 is 5.32 Å². The molecular formula is C21H24N2O5S. The van der Waals surface area contributed by atoms with E-state index in [0.29, 0.717) is 11.1 Å². The molecule has 1 aliphatic carbocycles. The average molecular weight is 416 g/mol. The number of sulfonamides is 1. The summed E-state index contributed by atoms with van der Waals surface area (Å²) in [5.41, 5.74) is 1.21. The van der Waals surface area contributed by atoms with Gasteiger partial charge in [0, 0.05) is 25.7 Å². The predicted octanol–water partition coefficient (Wildman–Crippen LogP) is 2.42. The third-order valence-corrected chi connectivity index (χ3v) is 6.51. The van der Waals surface area contributed by atoms with Crippen molar-refractivity contribution in [2.75, 3.05) is 14.1 Å². The van der Waals surface area contributed by atoms with Gasteiger partial charge >= 0.3 is 5.97 Å². The molecule has 1 fully saturated rings. The van der Waals surface area contributed by atoms with Crippen molar-refractivity contribution in [1.82, 2.24) is 9.62 Å². The normalized spacial score (nSPS) is 15.0. The second-order valence-electron chi connectivity index (χ2n) is 7.24. The van der Waals surface area contributed by atoms with Gasteiger partial charge in [-0.2, -0.15) is 0 Å². The minimum atomic E-state index is -3.71. The molecule has 0 aromatic heterocycles. The van der Waals surface area contributed by atoms with Crippen LogP contribution in [0.5, 0.6) is 0 Å². The second-order valence-corrected chi connectivity index (χ2v) is 9.39. The quantitative estimate of drug-likeness (QED) is 0.700. The van der Waals surface area contributed by atoms with Gasteiger partial charge in [0.2, 0.25) is 16.1 Å². The number of esters is 1. The molecule has 1 saturated carbocycles. The Hall–Kier alpha value is -2.71. The Morgan fingerprint density at radius 2 is 1.76 bits per heavy atom. The van der Waals surface area contributed by atoms with Crippen molar-refractivity contribution >= 4 is 21.9 Å². The van der Waals surface area contributed by atoms with Gasteiger partial charge in [-0.3, -0.25) is 4.79 Å². The molecule has 2 aromatic rings. The summed E-state index contributed by atoms with van der Waals surface area (Å²) >= 11 is 0. The summed E-state index contributed by atoms with van der Waals surface area (Å²) in [6, 6.07) is 13.1. The number of hydrogen-bond acceptors (Lipinski definition) is 5. The number of benzene rings is 2. The Bertz CT molecular complexity index is 1010. The predicted molar refractivity (Wildman–Crippen MR) is 108 cm³/mol. The molecule has 0 saturated heterocycles. The fraction of sp³-hybridized carbons (Fsp3) is 0.333. The van der Waals surface area contributed by atoms with Crippen molar-refractivity contribution in [1.29, 1.82) is 0 Å². The first-order valence-electron chi connectivity index (χ1n) is 9.29. The Morgan fingerprint density at radius 1 is 1.10 bits per heavy atom. The highest BCUT2D eigenvalue weighted by atomic mass is 32.2. The van der Waals surface area contributed by atoms with E-state index in [1.165, 1.54) is 26.2 Å². The maximum absolute atomic E-state index is 12.9. The summed E-state index contributed by atoms with van der Waals surface area (Å²) in [5, 5.41) is 2.86. The monoisotopic (exact) mass is 416 g/mol. The molecule has 7 nitrogen and oxygen atoms in total. The van der Waals surface area contributed by atoms with Gasteiger partial charge in [0.1, 0.15) is 0 Å². The van der Waals surface area contributed by atoms with Crippen molar-refractivity contribution in [3.8, 4) is 0 Å². The third kappa shape index (κ3) is 4.83. The Balaban J connectivity index is 1.90. The van der Waals surface area contributed by atoms with E-state index in [1.54, 1.807) is 43.3 Å². The number of carbonyl (C=O) groups excluding carboxylic acids is 2. The molecule has 29 heavy (non-hydrogen) atoms. The zero-order chi connectivity index (χ0) is 21.2. The van der Waals surface area contributed by atoms with E-state index in [4.69, 9.17) is 4.74 Å². The van der Waals surface area contributed by atoms with Crippen molar-refractivity contribution in [2.24, 2.45) is 0 Å². The van der Waals surface area contributed by atoms with Crippen LogP contribution in [-0.4, -0.2) is 44.7 Å². The van der Waals surface area contributed by atoms with E-state index in [0.717, 1.165) is 17.1 Å².